The van der Waals surface area contributed by atoms with Gasteiger partial charge in [0.25, 0.3) is 0 Å². The zero-order valence-corrected chi connectivity index (χ0v) is 21.6. The van der Waals surface area contributed by atoms with Crippen LogP contribution in [0.2, 0.25) is 0 Å². The SMILES string of the molecule is COc1ccccc1C1SCC(=O)N(CC(=O)NCc2cccnc2)c2c1c(C(C)(C)C)nn2C. The number of para-hydroxylation sites is 1. The van der Waals surface area contributed by atoms with Crippen molar-refractivity contribution in [3.63, 3.8) is 0 Å². The Morgan fingerprint density at radius 2 is 2.00 bits per heavy atom. The molecule has 1 N–H and O–H groups in total. The fourth-order valence-electron chi connectivity index (χ4n) is 4.28. The Bertz CT molecular complexity index is 1220. The van der Waals surface area contributed by atoms with Gasteiger partial charge in [-0.2, -0.15) is 5.10 Å². The van der Waals surface area contributed by atoms with Crippen LogP contribution in [-0.4, -0.2) is 46.0 Å². The summed E-state index contributed by atoms with van der Waals surface area (Å²) < 4.78 is 7.40. The van der Waals surface area contributed by atoms with E-state index < -0.39 is 0 Å². The van der Waals surface area contributed by atoms with E-state index >= 15 is 0 Å². The summed E-state index contributed by atoms with van der Waals surface area (Å²) in [6.07, 6.45) is 3.40. The van der Waals surface area contributed by atoms with Gasteiger partial charge in [-0.15, -0.1) is 11.8 Å². The van der Waals surface area contributed by atoms with Gasteiger partial charge in [-0.25, -0.2) is 0 Å². The second kappa shape index (κ2) is 10.1. The van der Waals surface area contributed by atoms with Gasteiger partial charge in [-0.1, -0.05) is 45.0 Å². The van der Waals surface area contributed by atoms with E-state index in [1.807, 2.05) is 43.4 Å². The Morgan fingerprint density at radius 1 is 1.23 bits per heavy atom. The van der Waals surface area contributed by atoms with E-state index in [4.69, 9.17) is 9.84 Å². The largest absolute Gasteiger partial charge is 0.496 e. The van der Waals surface area contributed by atoms with Crippen molar-refractivity contribution >= 4 is 29.4 Å². The molecule has 35 heavy (non-hydrogen) atoms. The number of pyridine rings is 1. The first kappa shape index (κ1) is 24.8. The number of nitrogens with one attached hydrogen (secondary N) is 1. The highest BCUT2D eigenvalue weighted by molar-refractivity contribution is 8.00. The lowest BCUT2D eigenvalue weighted by molar-refractivity contribution is -0.123. The summed E-state index contributed by atoms with van der Waals surface area (Å²) in [4.78, 5) is 32.0. The highest BCUT2D eigenvalue weighted by Gasteiger charge is 2.39. The maximum Gasteiger partial charge on any atom is 0.240 e. The average molecular weight is 494 g/mol. The van der Waals surface area contributed by atoms with Gasteiger partial charge in [0.2, 0.25) is 11.8 Å². The number of anilines is 1. The summed E-state index contributed by atoms with van der Waals surface area (Å²) in [6, 6.07) is 11.6. The summed E-state index contributed by atoms with van der Waals surface area (Å²) in [7, 11) is 3.48. The second-order valence-corrected chi connectivity index (χ2v) is 10.6. The normalized spacial score (nSPS) is 16.0. The number of aromatic nitrogens is 3. The Hall–Kier alpha value is -3.33. The van der Waals surface area contributed by atoms with Gasteiger partial charge in [-0.05, 0) is 17.7 Å². The first-order chi connectivity index (χ1) is 16.7. The molecule has 1 aliphatic heterocycles. The van der Waals surface area contributed by atoms with Gasteiger partial charge in [-0.3, -0.25) is 24.2 Å². The van der Waals surface area contributed by atoms with Gasteiger partial charge in [0.15, 0.2) is 0 Å². The molecule has 9 heteroatoms. The van der Waals surface area contributed by atoms with E-state index in [2.05, 4.69) is 31.1 Å². The van der Waals surface area contributed by atoms with Gasteiger partial charge >= 0.3 is 0 Å². The zero-order chi connectivity index (χ0) is 25.2. The molecular formula is C26H31N5O3S. The number of aryl methyl sites for hydroxylation is 1. The summed E-state index contributed by atoms with van der Waals surface area (Å²) in [6.45, 7) is 6.58. The van der Waals surface area contributed by atoms with Crippen molar-refractivity contribution in [2.75, 3.05) is 24.3 Å². The van der Waals surface area contributed by atoms with Gasteiger partial charge in [0.05, 0.1) is 23.8 Å². The molecule has 0 saturated carbocycles. The lowest BCUT2D eigenvalue weighted by atomic mass is 9.87. The standard InChI is InChI=1S/C26H31N5O3S/c1-26(2,3)24-22-23(18-10-6-7-11-19(18)34-5)35-16-21(33)31(25(22)30(4)29-24)15-20(32)28-14-17-9-8-12-27-13-17/h6-13,23H,14-16H2,1-5H3,(H,28,32). The van der Waals surface area contributed by atoms with Crippen LogP contribution in [0.25, 0.3) is 0 Å². The third-order valence-corrected chi connectivity index (χ3v) is 7.13. The summed E-state index contributed by atoms with van der Waals surface area (Å²) >= 11 is 1.54. The highest BCUT2D eigenvalue weighted by Crippen LogP contribution is 2.49. The van der Waals surface area contributed by atoms with Crippen molar-refractivity contribution < 1.29 is 14.3 Å². The maximum atomic E-state index is 13.4. The van der Waals surface area contributed by atoms with Crippen molar-refractivity contribution in [1.82, 2.24) is 20.1 Å². The molecule has 0 spiro atoms. The average Bonchev–Trinajstić information content (AvgIpc) is 3.12. The number of hydrogen-bond acceptors (Lipinski definition) is 6. The number of amides is 2. The molecule has 3 aromatic rings. The Morgan fingerprint density at radius 3 is 2.69 bits per heavy atom. The van der Waals surface area contributed by atoms with Crippen LogP contribution in [0.5, 0.6) is 5.75 Å². The molecule has 0 fully saturated rings. The molecule has 0 bridgehead atoms. The third-order valence-electron chi connectivity index (χ3n) is 5.89. The Labute approximate surface area is 210 Å². The molecule has 2 aromatic heterocycles. The number of carbonyl (C=O) groups is 2. The number of hydrogen-bond donors (Lipinski definition) is 1. The molecule has 3 heterocycles. The van der Waals surface area contributed by atoms with E-state index in [9.17, 15) is 9.59 Å². The molecule has 8 nitrogen and oxygen atoms in total. The van der Waals surface area contributed by atoms with Crippen molar-refractivity contribution in [3.8, 4) is 5.75 Å². The fraction of sp³-hybridized carbons (Fsp3) is 0.385. The van der Waals surface area contributed by atoms with Crippen molar-refractivity contribution in [2.24, 2.45) is 7.05 Å². The maximum absolute atomic E-state index is 13.4. The van der Waals surface area contributed by atoms with Crippen LogP contribution in [-0.2, 0) is 28.6 Å². The van der Waals surface area contributed by atoms with Crippen LogP contribution in [0.4, 0.5) is 5.82 Å². The molecular weight excluding hydrogens is 462 g/mol. The van der Waals surface area contributed by atoms with Gasteiger partial charge in [0.1, 0.15) is 18.1 Å². The van der Waals surface area contributed by atoms with Crippen LogP contribution < -0.4 is 15.0 Å². The Kier molecular flexibility index (Phi) is 7.16. The van der Waals surface area contributed by atoms with Gasteiger partial charge in [0, 0.05) is 42.5 Å². The molecule has 1 aliphatic rings. The van der Waals surface area contributed by atoms with Crippen LogP contribution in [0, 0.1) is 0 Å². The van der Waals surface area contributed by atoms with Crippen molar-refractivity contribution in [3.05, 3.63) is 71.2 Å². The quantitative estimate of drug-likeness (QED) is 0.564. The second-order valence-electron chi connectivity index (χ2n) is 9.51. The van der Waals surface area contributed by atoms with Crippen LogP contribution >= 0.6 is 11.8 Å². The summed E-state index contributed by atoms with van der Waals surface area (Å²) in [5, 5.41) is 7.59. The van der Waals surface area contributed by atoms with E-state index in [1.165, 1.54) is 11.8 Å². The van der Waals surface area contributed by atoms with E-state index in [-0.39, 0.29) is 34.8 Å². The minimum Gasteiger partial charge on any atom is -0.496 e. The van der Waals surface area contributed by atoms with E-state index in [1.54, 1.807) is 29.1 Å². The lowest BCUT2D eigenvalue weighted by Gasteiger charge is -2.25. The fourth-order valence-corrected chi connectivity index (χ4v) is 5.50. The summed E-state index contributed by atoms with van der Waals surface area (Å²) in [5.74, 6) is 1.27. The first-order valence-corrected chi connectivity index (χ1v) is 12.5. The topological polar surface area (TPSA) is 89.3 Å². The predicted octanol–water partition coefficient (Wildman–Crippen LogP) is 3.61. The van der Waals surface area contributed by atoms with E-state index in [0.29, 0.717) is 12.4 Å². The van der Waals surface area contributed by atoms with Crippen molar-refractivity contribution in [1.29, 1.82) is 0 Å². The number of carbonyl (C=O) groups excluding carboxylic acids is 2. The Balaban J connectivity index is 1.74. The smallest absolute Gasteiger partial charge is 0.240 e. The molecule has 0 aliphatic carbocycles. The minimum atomic E-state index is -0.270. The number of thioether (sulfide) groups is 1. The molecule has 4 rings (SSSR count). The predicted molar refractivity (Wildman–Crippen MR) is 138 cm³/mol. The number of methoxy groups -OCH3 is 1. The molecule has 1 unspecified atom stereocenters. The summed E-state index contributed by atoms with van der Waals surface area (Å²) in [5.41, 5.74) is 3.45. The molecule has 1 aromatic carbocycles. The van der Waals surface area contributed by atoms with Crippen LogP contribution in [0.15, 0.2) is 48.8 Å². The number of nitrogens with zero attached hydrogens (tertiary/aromatic N) is 4. The number of rotatable bonds is 6. The highest BCUT2D eigenvalue weighted by atomic mass is 32.2. The zero-order valence-electron chi connectivity index (χ0n) is 20.7. The molecule has 0 radical (unpaired) electrons. The minimum absolute atomic E-state index is 0.0889. The van der Waals surface area contributed by atoms with E-state index in [0.717, 1.165) is 28.1 Å². The van der Waals surface area contributed by atoms with Gasteiger partial charge < -0.3 is 10.1 Å². The molecule has 1 atom stereocenters. The lowest BCUT2D eigenvalue weighted by Crippen LogP contribution is -2.42. The number of fused-ring (bicyclic) bond motifs is 1. The molecule has 2 amide bonds. The third kappa shape index (κ3) is 5.19. The van der Waals surface area contributed by atoms with Crippen LogP contribution in [0.1, 0.15) is 48.4 Å². The number of ether oxygens (including phenoxy) is 1. The number of benzene rings is 1. The van der Waals surface area contributed by atoms with Crippen molar-refractivity contribution in [2.45, 2.75) is 38.0 Å². The first-order valence-electron chi connectivity index (χ1n) is 11.5. The molecule has 0 saturated heterocycles. The van der Waals surface area contributed by atoms with Crippen LogP contribution in [0.3, 0.4) is 0 Å². The molecule has 184 valence electrons. The monoisotopic (exact) mass is 493 g/mol.